The fourth-order valence-electron chi connectivity index (χ4n) is 4.31. The van der Waals surface area contributed by atoms with Gasteiger partial charge in [0.15, 0.2) is 0 Å². The summed E-state index contributed by atoms with van der Waals surface area (Å²) < 4.78 is 5.87. The van der Waals surface area contributed by atoms with Crippen LogP contribution in [0.4, 0.5) is 0 Å². The fourth-order valence-corrected chi connectivity index (χ4v) is 4.31. The van der Waals surface area contributed by atoms with Crippen LogP contribution < -0.4 is 5.32 Å². The first kappa shape index (κ1) is 15.7. The van der Waals surface area contributed by atoms with Crippen LogP contribution in [0.1, 0.15) is 57.8 Å². The van der Waals surface area contributed by atoms with E-state index < -0.39 is 0 Å². The molecule has 3 unspecified atom stereocenters. The number of nitrogens with zero attached hydrogens (tertiary/aromatic N) is 1. The minimum absolute atomic E-state index is 0.357. The Kier molecular flexibility index (Phi) is 5.92. The predicted molar refractivity (Wildman–Crippen MR) is 84.5 cm³/mol. The number of piperidine rings is 1. The topological polar surface area (TPSA) is 44.7 Å². The molecule has 3 fully saturated rings. The first-order chi connectivity index (χ1) is 10.3. The van der Waals surface area contributed by atoms with Gasteiger partial charge in [0.2, 0.25) is 0 Å². The van der Waals surface area contributed by atoms with Crippen LogP contribution in [0.15, 0.2) is 0 Å². The number of rotatable bonds is 6. The molecule has 0 amide bonds. The summed E-state index contributed by atoms with van der Waals surface area (Å²) in [6.07, 6.45) is 11.6. The van der Waals surface area contributed by atoms with Crippen LogP contribution in [0.2, 0.25) is 0 Å². The molecule has 0 aromatic heterocycles. The Labute approximate surface area is 129 Å². The maximum absolute atomic E-state index is 10.1. The van der Waals surface area contributed by atoms with E-state index in [-0.39, 0.29) is 6.10 Å². The molecule has 2 aliphatic heterocycles. The molecule has 1 saturated carbocycles. The number of aliphatic hydroxyl groups is 1. The van der Waals surface area contributed by atoms with Crippen LogP contribution in [0.5, 0.6) is 0 Å². The molecule has 0 bridgehead atoms. The van der Waals surface area contributed by atoms with Crippen molar-refractivity contribution in [3.63, 3.8) is 0 Å². The molecule has 4 heteroatoms. The molecule has 0 spiro atoms. The van der Waals surface area contributed by atoms with Gasteiger partial charge in [0.1, 0.15) is 0 Å². The molecule has 1 aliphatic carbocycles. The molecule has 2 N–H and O–H groups in total. The quantitative estimate of drug-likeness (QED) is 0.786. The van der Waals surface area contributed by atoms with E-state index in [2.05, 4.69) is 10.2 Å². The van der Waals surface area contributed by atoms with Crippen molar-refractivity contribution in [2.45, 2.75) is 82.1 Å². The van der Waals surface area contributed by atoms with E-state index in [1.54, 1.807) is 0 Å². The van der Waals surface area contributed by atoms with Crippen LogP contribution >= 0.6 is 0 Å². The Balaban J connectivity index is 1.32. The standard InChI is InChI=1S/C17H32N2O2/c20-14(13-21-15-6-2-1-3-7-15)12-18-16-9-11-19-10-5-4-8-17(16)19/h14-18,20H,1-13H2. The van der Waals surface area contributed by atoms with Crippen molar-refractivity contribution in [1.29, 1.82) is 0 Å². The zero-order valence-corrected chi connectivity index (χ0v) is 13.3. The van der Waals surface area contributed by atoms with Crippen LogP contribution in [-0.2, 0) is 4.74 Å². The highest BCUT2D eigenvalue weighted by atomic mass is 16.5. The van der Waals surface area contributed by atoms with Crippen molar-refractivity contribution in [3.8, 4) is 0 Å². The van der Waals surface area contributed by atoms with Crippen molar-refractivity contribution in [1.82, 2.24) is 10.2 Å². The SMILES string of the molecule is OC(CNC1CCN2CCCCC12)COC1CCCCC1. The van der Waals surface area contributed by atoms with E-state index in [9.17, 15) is 5.11 Å². The molecule has 3 atom stereocenters. The van der Waals surface area contributed by atoms with Crippen molar-refractivity contribution >= 4 is 0 Å². The van der Waals surface area contributed by atoms with Gasteiger partial charge < -0.3 is 15.2 Å². The van der Waals surface area contributed by atoms with Crippen molar-refractivity contribution < 1.29 is 9.84 Å². The average molecular weight is 296 g/mol. The summed E-state index contributed by atoms with van der Waals surface area (Å²) in [5.74, 6) is 0. The lowest BCUT2D eigenvalue weighted by Crippen LogP contribution is -2.47. The van der Waals surface area contributed by atoms with E-state index >= 15 is 0 Å². The number of aliphatic hydroxyl groups excluding tert-OH is 1. The molecule has 2 saturated heterocycles. The highest BCUT2D eigenvalue weighted by Gasteiger charge is 2.35. The van der Waals surface area contributed by atoms with Crippen molar-refractivity contribution in [2.75, 3.05) is 26.2 Å². The monoisotopic (exact) mass is 296 g/mol. The third kappa shape index (κ3) is 4.41. The largest absolute Gasteiger partial charge is 0.389 e. The Hall–Kier alpha value is -0.160. The number of ether oxygens (including phenoxy) is 1. The third-order valence-corrected chi connectivity index (χ3v) is 5.55. The average Bonchev–Trinajstić information content (AvgIpc) is 2.95. The number of nitrogens with one attached hydrogen (secondary N) is 1. The first-order valence-electron chi connectivity index (χ1n) is 9.10. The summed E-state index contributed by atoms with van der Waals surface area (Å²) in [6, 6.07) is 1.29. The predicted octanol–water partition coefficient (Wildman–Crippen LogP) is 1.91. The maximum Gasteiger partial charge on any atom is 0.0897 e. The third-order valence-electron chi connectivity index (χ3n) is 5.55. The molecule has 3 aliphatic rings. The summed E-state index contributed by atoms with van der Waals surface area (Å²) in [5, 5.41) is 13.7. The summed E-state index contributed by atoms with van der Waals surface area (Å²) in [6.45, 7) is 3.69. The molecular weight excluding hydrogens is 264 g/mol. The highest BCUT2D eigenvalue weighted by Crippen LogP contribution is 2.27. The summed E-state index contributed by atoms with van der Waals surface area (Å²) in [4.78, 5) is 2.63. The lowest BCUT2D eigenvalue weighted by Gasteiger charge is -2.33. The van der Waals surface area contributed by atoms with Gasteiger partial charge in [-0.25, -0.2) is 0 Å². The second-order valence-corrected chi connectivity index (χ2v) is 7.15. The fraction of sp³-hybridized carbons (Fsp3) is 1.00. The number of hydrogen-bond acceptors (Lipinski definition) is 4. The van der Waals surface area contributed by atoms with Gasteiger partial charge in [0.05, 0.1) is 18.8 Å². The van der Waals surface area contributed by atoms with Gasteiger partial charge >= 0.3 is 0 Å². The molecule has 3 rings (SSSR count). The molecular formula is C17H32N2O2. The molecule has 0 aromatic rings. The maximum atomic E-state index is 10.1. The number of fused-ring (bicyclic) bond motifs is 1. The summed E-state index contributed by atoms with van der Waals surface area (Å²) in [5.41, 5.74) is 0. The van der Waals surface area contributed by atoms with E-state index in [0.29, 0.717) is 31.3 Å². The molecule has 21 heavy (non-hydrogen) atoms. The first-order valence-corrected chi connectivity index (χ1v) is 9.10. The Bertz CT molecular complexity index is 307. The van der Waals surface area contributed by atoms with Gasteiger partial charge in [0.25, 0.3) is 0 Å². The van der Waals surface area contributed by atoms with Crippen molar-refractivity contribution in [2.24, 2.45) is 0 Å². The van der Waals surface area contributed by atoms with E-state index in [1.165, 1.54) is 70.9 Å². The molecule has 0 aromatic carbocycles. The Morgan fingerprint density at radius 1 is 1.00 bits per heavy atom. The molecule has 2 heterocycles. The smallest absolute Gasteiger partial charge is 0.0897 e. The molecule has 122 valence electrons. The van der Waals surface area contributed by atoms with Crippen LogP contribution in [0.3, 0.4) is 0 Å². The molecule has 0 radical (unpaired) electrons. The van der Waals surface area contributed by atoms with Crippen LogP contribution in [0.25, 0.3) is 0 Å². The van der Waals surface area contributed by atoms with Crippen molar-refractivity contribution in [3.05, 3.63) is 0 Å². The van der Waals surface area contributed by atoms with Crippen LogP contribution in [0, 0.1) is 0 Å². The minimum atomic E-state index is -0.357. The van der Waals surface area contributed by atoms with Gasteiger partial charge in [-0.2, -0.15) is 0 Å². The van der Waals surface area contributed by atoms with Crippen LogP contribution in [-0.4, -0.2) is 60.5 Å². The van der Waals surface area contributed by atoms with Gasteiger partial charge in [-0.05, 0) is 38.6 Å². The summed E-state index contributed by atoms with van der Waals surface area (Å²) in [7, 11) is 0. The second kappa shape index (κ2) is 7.91. The van der Waals surface area contributed by atoms with E-state index in [4.69, 9.17) is 4.74 Å². The van der Waals surface area contributed by atoms with Gasteiger partial charge in [0, 0.05) is 25.2 Å². The minimum Gasteiger partial charge on any atom is -0.389 e. The highest BCUT2D eigenvalue weighted by molar-refractivity contribution is 4.94. The Morgan fingerprint density at radius 3 is 2.67 bits per heavy atom. The number of hydrogen-bond donors (Lipinski definition) is 2. The van der Waals surface area contributed by atoms with Gasteiger partial charge in [-0.1, -0.05) is 25.7 Å². The van der Waals surface area contributed by atoms with E-state index in [0.717, 1.165) is 0 Å². The zero-order valence-electron chi connectivity index (χ0n) is 13.3. The van der Waals surface area contributed by atoms with Gasteiger partial charge in [-0.3, -0.25) is 4.90 Å². The lowest BCUT2D eigenvalue weighted by atomic mass is 9.98. The molecule has 4 nitrogen and oxygen atoms in total. The second-order valence-electron chi connectivity index (χ2n) is 7.15. The van der Waals surface area contributed by atoms with Gasteiger partial charge in [-0.15, -0.1) is 0 Å². The summed E-state index contributed by atoms with van der Waals surface area (Å²) >= 11 is 0. The zero-order chi connectivity index (χ0) is 14.5. The van der Waals surface area contributed by atoms with E-state index in [1.807, 2.05) is 0 Å². The Morgan fingerprint density at radius 2 is 1.81 bits per heavy atom. The lowest BCUT2D eigenvalue weighted by molar-refractivity contribution is -0.0239. The normalized spacial score (nSPS) is 33.0.